The van der Waals surface area contributed by atoms with Crippen molar-refractivity contribution in [3.8, 4) is 0 Å². The average molecular weight is 298 g/mol. The van der Waals surface area contributed by atoms with Crippen LogP contribution in [0.5, 0.6) is 0 Å². The molecule has 0 radical (unpaired) electrons. The SMILES string of the molecule is C[P+](NC1CCCCC1)(c1ccccc1)c1ccccc1. The first-order valence-electron chi connectivity index (χ1n) is 8.04. The fourth-order valence-corrected chi connectivity index (χ4v) is 6.47. The van der Waals surface area contributed by atoms with Crippen LogP contribution in [0.3, 0.4) is 0 Å². The van der Waals surface area contributed by atoms with Gasteiger partial charge in [-0.05, 0) is 37.1 Å². The summed E-state index contributed by atoms with van der Waals surface area (Å²) in [6.45, 7) is 2.44. The molecule has 0 amide bonds. The highest BCUT2D eigenvalue weighted by Crippen LogP contribution is 2.49. The average Bonchev–Trinajstić information content (AvgIpc) is 2.57. The molecule has 1 N–H and O–H groups in total. The Balaban J connectivity index is 1.94. The molecule has 0 unspecified atom stereocenters. The van der Waals surface area contributed by atoms with E-state index in [1.54, 1.807) is 0 Å². The van der Waals surface area contributed by atoms with Crippen LogP contribution in [0.25, 0.3) is 0 Å². The van der Waals surface area contributed by atoms with Crippen molar-refractivity contribution in [2.75, 3.05) is 6.66 Å². The molecule has 2 aromatic rings. The molecule has 0 aliphatic heterocycles. The van der Waals surface area contributed by atoms with Gasteiger partial charge in [0.05, 0.1) is 6.66 Å². The molecule has 0 aromatic heterocycles. The molecule has 1 aliphatic rings. The summed E-state index contributed by atoms with van der Waals surface area (Å²) in [6, 6.07) is 22.7. The van der Waals surface area contributed by atoms with E-state index in [1.165, 1.54) is 42.7 Å². The molecular weight excluding hydrogens is 273 g/mol. The maximum Gasteiger partial charge on any atom is 0.142 e. The van der Waals surface area contributed by atoms with Crippen LogP contribution >= 0.6 is 7.41 Å². The second kappa shape index (κ2) is 6.73. The largest absolute Gasteiger partial charge is 0.180 e. The fourth-order valence-electron chi connectivity index (χ4n) is 3.35. The summed E-state index contributed by atoms with van der Waals surface area (Å²) in [4.78, 5) is 0. The normalized spacial score (nSPS) is 16.8. The van der Waals surface area contributed by atoms with E-state index in [4.69, 9.17) is 0 Å². The predicted molar refractivity (Wildman–Crippen MR) is 95.0 cm³/mol. The third kappa shape index (κ3) is 3.36. The van der Waals surface area contributed by atoms with Crippen LogP contribution in [-0.4, -0.2) is 12.7 Å². The summed E-state index contributed by atoms with van der Waals surface area (Å²) in [7, 11) is -1.49. The number of rotatable bonds is 4. The van der Waals surface area contributed by atoms with Crippen molar-refractivity contribution in [2.45, 2.75) is 38.1 Å². The third-order valence-electron chi connectivity index (χ3n) is 4.59. The minimum Gasteiger partial charge on any atom is -0.180 e. The maximum atomic E-state index is 4.08. The molecule has 0 spiro atoms. The molecule has 2 heteroatoms. The Morgan fingerprint density at radius 1 is 0.762 bits per heavy atom. The quantitative estimate of drug-likeness (QED) is 0.837. The summed E-state index contributed by atoms with van der Waals surface area (Å²) in [5.74, 6) is 0. The van der Waals surface area contributed by atoms with E-state index >= 15 is 0 Å². The fraction of sp³-hybridized carbons (Fsp3) is 0.368. The Morgan fingerprint density at radius 3 is 1.71 bits per heavy atom. The maximum absolute atomic E-state index is 4.08. The van der Waals surface area contributed by atoms with Crippen LogP contribution in [0.2, 0.25) is 0 Å². The van der Waals surface area contributed by atoms with Crippen molar-refractivity contribution < 1.29 is 0 Å². The smallest absolute Gasteiger partial charge is 0.142 e. The molecule has 2 aromatic carbocycles. The molecule has 3 rings (SSSR count). The molecule has 110 valence electrons. The van der Waals surface area contributed by atoms with Gasteiger partial charge in [-0.1, -0.05) is 55.7 Å². The molecule has 21 heavy (non-hydrogen) atoms. The second-order valence-electron chi connectivity index (χ2n) is 6.14. The Kier molecular flexibility index (Phi) is 4.73. The van der Waals surface area contributed by atoms with Crippen LogP contribution in [0.1, 0.15) is 32.1 Å². The predicted octanol–water partition coefficient (Wildman–Crippen LogP) is 4.12. The van der Waals surface area contributed by atoms with Gasteiger partial charge in [-0.3, -0.25) is 0 Å². The minimum atomic E-state index is -1.49. The highest BCUT2D eigenvalue weighted by atomic mass is 31.2. The Hall–Kier alpha value is -1.17. The molecule has 1 aliphatic carbocycles. The number of hydrogen-bond donors (Lipinski definition) is 1. The highest BCUT2D eigenvalue weighted by Gasteiger charge is 2.39. The zero-order valence-electron chi connectivity index (χ0n) is 12.8. The van der Waals surface area contributed by atoms with Gasteiger partial charge in [0, 0.05) is 6.04 Å². The molecule has 0 atom stereocenters. The van der Waals surface area contributed by atoms with Gasteiger partial charge in [-0.15, -0.1) is 0 Å². The van der Waals surface area contributed by atoms with E-state index < -0.39 is 7.41 Å². The van der Waals surface area contributed by atoms with Crippen molar-refractivity contribution in [2.24, 2.45) is 0 Å². The number of hydrogen-bond acceptors (Lipinski definition) is 1. The van der Waals surface area contributed by atoms with Crippen molar-refractivity contribution in [3.63, 3.8) is 0 Å². The molecule has 1 saturated carbocycles. The van der Waals surface area contributed by atoms with Gasteiger partial charge in [-0.2, -0.15) is 5.09 Å². The van der Waals surface area contributed by atoms with E-state index in [9.17, 15) is 0 Å². The summed E-state index contributed by atoms with van der Waals surface area (Å²) >= 11 is 0. The molecule has 1 fully saturated rings. The van der Waals surface area contributed by atoms with Crippen molar-refractivity contribution >= 4 is 18.0 Å². The van der Waals surface area contributed by atoms with E-state index in [1.807, 2.05) is 0 Å². The lowest BCUT2D eigenvalue weighted by Gasteiger charge is -2.30. The van der Waals surface area contributed by atoms with Gasteiger partial charge in [0.25, 0.3) is 0 Å². The lowest BCUT2D eigenvalue weighted by Crippen LogP contribution is -2.39. The number of benzene rings is 2. The molecule has 0 bridgehead atoms. The van der Waals surface area contributed by atoms with Crippen molar-refractivity contribution in [3.05, 3.63) is 60.7 Å². The van der Waals surface area contributed by atoms with Crippen LogP contribution in [0.15, 0.2) is 60.7 Å². The molecule has 0 saturated heterocycles. The first-order chi connectivity index (χ1) is 10.3. The van der Waals surface area contributed by atoms with E-state index in [2.05, 4.69) is 72.4 Å². The Labute approximate surface area is 129 Å². The van der Waals surface area contributed by atoms with E-state index in [0.29, 0.717) is 6.04 Å². The second-order valence-corrected chi connectivity index (χ2v) is 9.44. The lowest BCUT2D eigenvalue weighted by atomic mass is 9.96. The van der Waals surface area contributed by atoms with Crippen LogP contribution in [0, 0.1) is 0 Å². The first-order valence-corrected chi connectivity index (χ1v) is 10.3. The van der Waals surface area contributed by atoms with Crippen molar-refractivity contribution in [1.29, 1.82) is 0 Å². The third-order valence-corrected chi connectivity index (χ3v) is 8.13. The molecule has 0 heterocycles. The Morgan fingerprint density at radius 2 is 1.24 bits per heavy atom. The first kappa shape index (κ1) is 14.8. The Bertz CT molecular complexity index is 507. The van der Waals surface area contributed by atoms with Crippen LogP contribution < -0.4 is 15.7 Å². The van der Waals surface area contributed by atoms with Gasteiger partial charge in [-0.25, -0.2) is 0 Å². The van der Waals surface area contributed by atoms with E-state index in [-0.39, 0.29) is 0 Å². The van der Waals surface area contributed by atoms with Gasteiger partial charge >= 0.3 is 0 Å². The van der Waals surface area contributed by atoms with Gasteiger partial charge < -0.3 is 0 Å². The summed E-state index contributed by atoms with van der Waals surface area (Å²) in [5, 5.41) is 7.00. The minimum absolute atomic E-state index is 0.678. The summed E-state index contributed by atoms with van der Waals surface area (Å²) < 4.78 is 0. The van der Waals surface area contributed by atoms with E-state index in [0.717, 1.165) is 0 Å². The molecular formula is C19H25NP+. The topological polar surface area (TPSA) is 12.0 Å². The zero-order valence-corrected chi connectivity index (χ0v) is 13.7. The number of nitrogens with one attached hydrogen (secondary N) is 1. The monoisotopic (exact) mass is 298 g/mol. The van der Waals surface area contributed by atoms with Crippen LogP contribution in [-0.2, 0) is 0 Å². The molecule has 1 nitrogen and oxygen atoms in total. The van der Waals surface area contributed by atoms with Crippen LogP contribution in [0.4, 0.5) is 0 Å². The lowest BCUT2D eigenvalue weighted by molar-refractivity contribution is 0.420. The summed E-state index contributed by atoms with van der Waals surface area (Å²) in [5.41, 5.74) is 0. The van der Waals surface area contributed by atoms with Crippen molar-refractivity contribution in [1.82, 2.24) is 5.09 Å². The highest BCUT2D eigenvalue weighted by molar-refractivity contribution is 7.87. The summed E-state index contributed by atoms with van der Waals surface area (Å²) in [6.07, 6.45) is 6.82. The van der Waals surface area contributed by atoms with Gasteiger partial charge in [0.1, 0.15) is 18.0 Å². The van der Waals surface area contributed by atoms with Gasteiger partial charge in [0.2, 0.25) is 0 Å². The zero-order chi connectivity index (χ0) is 14.5. The van der Waals surface area contributed by atoms with Gasteiger partial charge in [0.15, 0.2) is 0 Å². The standard InChI is InChI=1S/C19H25NP/c1-21(18-13-7-3-8-14-18,19-15-9-4-10-16-19)20-17-11-5-2-6-12-17/h3-4,7-10,13-17,20H,2,5-6,11-12H2,1H3/q+1.